The van der Waals surface area contributed by atoms with E-state index < -0.39 is 28.7 Å². The summed E-state index contributed by atoms with van der Waals surface area (Å²) < 4.78 is 53.0. The standard InChI is InChI=1S/C12H23N2O4P.C11H23N2O3P.C9H20NO4P.C2H4O2.3C2H6/c1-12(15)14-8-6-5-7-10-17-19(4,16-3)18-11-9-13-2;1-13-9-11-16-17(3,14-2)15-10-7-5-4-6-8-12;1-9(11)10-7-5-4-6-8-14-15(3,12)13-2;1-2(3)4;3*1-2/h4-11H2,1,3H3,(H,14,15);3-12H2,2H3;4-8H2,1-3H3,(H,10,11);1H3,(H,3,4);3*1-2H3. The molecule has 3 unspecified atom stereocenters. The van der Waals surface area contributed by atoms with Crippen LogP contribution < -0.4 is 16.4 Å². The minimum atomic E-state index is -2.81. The Morgan fingerprint density at radius 3 is 1.15 bits per heavy atom. The summed E-state index contributed by atoms with van der Waals surface area (Å²) in [7, 11) is -3.39. The molecule has 21 heteroatoms. The number of rotatable bonds is 30. The Morgan fingerprint density at radius 1 is 0.574 bits per heavy atom. The van der Waals surface area contributed by atoms with Crippen molar-refractivity contribution in [3.63, 3.8) is 0 Å². The van der Waals surface area contributed by atoms with Gasteiger partial charge in [0.1, 0.15) is 13.2 Å². The van der Waals surface area contributed by atoms with Gasteiger partial charge in [-0.25, -0.2) is 13.1 Å². The molecule has 0 aliphatic carbocycles. The molecule has 0 bridgehead atoms. The summed E-state index contributed by atoms with van der Waals surface area (Å²) in [4.78, 5) is 36.5. The molecular weight excluding hydrogens is 851 g/mol. The molecule has 0 saturated carbocycles. The molecule has 0 aliphatic rings. The highest BCUT2D eigenvalue weighted by Gasteiger charge is 2.16. The quantitative estimate of drug-likeness (QED) is 0.0300. The minimum absolute atomic E-state index is 0.00783. The Morgan fingerprint density at radius 2 is 0.869 bits per heavy atom. The van der Waals surface area contributed by atoms with Crippen LogP contribution in [0.25, 0.3) is 9.69 Å². The molecule has 0 fully saturated rings. The van der Waals surface area contributed by atoms with Gasteiger partial charge in [-0.2, -0.15) is 0 Å². The number of hydrogen-bond donors (Lipinski definition) is 4. The molecule has 0 radical (unpaired) electrons. The summed E-state index contributed by atoms with van der Waals surface area (Å²) in [6.45, 7) is 35.6. The number of unbranched alkanes of at least 4 members (excludes halogenated alkanes) is 7. The van der Waals surface area contributed by atoms with Crippen LogP contribution >= 0.6 is 22.7 Å². The number of carboxylic acid groups (broad SMARTS) is 1. The zero-order valence-corrected chi connectivity index (χ0v) is 42.9. The summed E-state index contributed by atoms with van der Waals surface area (Å²) in [5.41, 5.74) is 5.40. The molecule has 2 amide bonds. The first-order chi connectivity index (χ1) is 28.9. The van der Waals surface area contributed by atoms with E-state index in [1.807, 2.05) is 41.5 Å². The van der Waals surface area contributed by atoms with Crippen LogP contribution in [0, 0.1) is 13.1 Å². The van der Waals surface area contributed by atoms with Crippen LogP contribution in [-0.2, 0) is 55.1 Å². The summed E-state index contributed by atoms with van der Waals surface area (Å²) in [6, 6.07) is 0. The lowest BCUT2D eigenvalue weighted by Gasteiger charge is -2.21. The SMILES string of the molecule is CC.CC.CC.CC(=O)O.COP(C)(=O)OCCCCCNC(C)=O.[C-]#[N+]CCOP(=C)(OC)OCCCCCCN.[C-]#[N+]CCOP(=C)(OC)OCCCCCNC(C)=O. The van der Waals surface area contributed by atoms with E-state index in [1.165, 1.54) is 41.8 Å². The third-order valence-corrected chi connectivity index (χ3v) is 11.0. The molecule has 0 spiro atoms. The van der Waals surface area contributed by atoms with Gasteiger partial charge >= 0.3 is 7.60 Å². The van der Waals surface area contributed by atoms with Crippen LogP contribution in [0.5, 0.6) is 0 Å². The van der Waals surface area contributed by atoms with Gasteiger partial charge in [0.2, 0.25) is 24.9 Å². The van der Waals surface area contributed by atoms with Crippen LogP contribution in [0.1, 0.15) is 127 Å². The number of hydrogen-bond acceptors (Lipinski definition) is 13. The van der Waals surface area contributed by atoms with E-state index in [1.54, 1.807) is 0 Å². The van der Waals surface area contributed by atoms with Crippen LogP contribution in [0.2, 0.25) is 0 Å². The Labute approximate surface area is 372 Å². The Kier molecular flexibility index (Phi) is 69.5. The first-order valence-corrected chi connectivity index (χ1v) is 26.4. The molecule has 0 rings (SSSR count). The van der Waals surface area contributed by atoms with Gasteiger partial charge in [0, 0.05) is 61.9 Å². The van der Waals surface area contributed by atoms with Crippen molar-refractivity contribution in [3.8, 4) is 0 Å². The van der Waals surface area contributed by atoms with Gasteiger partial charge < -0.3 is 67.4 Å². The number of carbonyl (C=O) groups is 3. The van der Waals surface area contributed by atoms with Gasteiger partial charge in [-0.05, 0) is 70.5 Å². The molecule has 18 nitrogen and oxygen atoms in total. The lowest BCUT2D eigenvalue weighted by molar-refractivity contribution is -0.134. The second kappa shape index (κ2) is 57.9. The second-order valence-corrected chi connectivity index (χ2v) is 17.7. The van der Waals surface area contributed by atoms with Crippen molar-refractivity contribution in [2.24, 2.45) is 5.73 Å². The van der Waals surface area contributed by atoms with Gasteiger partial charge in [-0.15, -0.1) is 0 Å². The molecule has 3 atom stereocenters. The third-order valence-electron chi connectivity index (χ3n) is 6.26. The molecule has 5 N–H and O–H groups in total. The van der Waals surface area contributed by atoms with Gasteiger partial charge in [0.05, 0.1) is 19.8 Å². The van der Waals surface area contributed by atoms with Crippen molar-refractivity contribution < 1.29 is 60.2 Å². The zero-order valence-electron chi connectivity index (χ0n) is 40.2. The molecule has 0 aromatic heterocycles. The van der Waals surface area contributed by atoms with E-state index in [4.69, 9.17) is 60.4 Å². The molecule has 0 heterocycles. The van der Waals surface area contributed by atoms with Crippen molar-refractivity contribution in [2.75, 3.05) is 93.8 Å². The maximum atomic E-state index is 11.3. The maximum Gasteiger partial charge on any atom is 0.327 e. The van der Waals surface area contributed by atoms with Gasteiger partial charge in [-0.1, -0.05) is 54.4 Å². The molecule has 0 saturated heterocycles. The second-order valence-electron chi connectivity index (χ2n) is 11.3. The Balaban J connectivity index is -0.000000130. The molecule has 0 aromatic carbocycles. The summed E-state index contributed by atoms with van der Waals surface area (Å²) in [5.74, 6) is -0.852. The average Bonchev–Trinajstić information content (AvgIpc) is 3.24. The predicted molar refractivity (Wildman–Crippen MR) is 255 cm³/mol. The maximum absolute atomic E-state index is 11.3. The number of carboxylic acids is 1. The van der Waals surface area contributed by atoms with Gasteiger partial charge in [-0.3, -0.25) is 18.9 Å². The number of nitrogens with zero attached hydrogens (tertiary/aromatic N) is 2. The summed E-state index contributed by atoms with van der Waals surface area (Å²) in [5, 5.41) is 12.9. The topological polar surface area (TPSA) is 221 Å². The molecular formula is C40H88N5O13P3. The predicted octanol–water partition coefficient (Wildman–Crippen LogP) is 9.33. The lowest BCUT2D eigenvalue weighted by Crippen LogP contribution is -2.20. The minimum Gasteiger partial charge on any atom is -0.481 e. The van der Waals surface area contributed by atoms with Crippen molar-refractivity contribution in [2.45, 2.75) is 127 Å². The molecule has 0 aliphatic heterocycles. The average molecular weight is 940 g/mol. The number of nitrogens with one attached hydrogen (secondary N) is 2. The van der Waals surface area contributed by atoms with Crippen LogP contribution in [0.3, 0.4) is 0 Å². The van der Waals surface area contributed by atoms with E-state index in [-0.39, 0.29) is 25.0 Å². The molecule has 61 heavy (non-hydrogen) atoms. The number of aliphatic carboxylic acids is 1. The van der Waals surface area contributed by atoms with E-state index >= 15 is 0 Å². The Bertz CT molecular complexity index is 1200. The number of amides is 2. The number of carbonyl (C=O) groups excluding carboxylic acids is 2. The molecule has 366 valence electrons. The van der Waals surface area contributed by atoms with Crippen molar-refractivity contribution in [1.29, 1.82) is 0 Å². The lowest BCUT2D eigenvalue weighted by atomic mass is 10.2. The van der Waals surface area contributed by atoms with Crippen LogP contribution in [0.4, 0.5) is 0 Å². The van der Waals surface area contributed by atoms with Crippen molar-refractivity contribution >= 4 is 53.1 Å². The number of nitrogens with two attached hydrogens (primary N) is 1. The van der Waals surface area contributed by atoms with Crippen LogP contribution in [0.15, 0.2) is 0 Å². The monoisotopic (exact) mass is 940 g/mol. The summed E-state index contributed by atoms with van der Waals surface area (Å²) in [6.07, 6.45) is 17.2. The van der Waals surface area contributed by atoms with E-state index in [0.717, 1.165) is 77.7 Å². The largest absolute Gasteiger partial charge is 0.481 e. The van der Waals surface area contributed by atoms with Crippen molar-refractivity contribution in [1.82, 2.24) is 10.6 Å². The highest BCUT2D eigenvalue weighted by Crippen LogP contribution is 2.48. The Hall–Kier alpha value is -2.14. The van der Waals surface area contributed by atoms with Gasteiger partial charge in [0.15, 0.2) is 0 Å². The van der Waals surface area contributed by atoms with Gasteiger partial charge in [0.25, 0.3) is 21.1 Å². The smallest absolute Gasteiger partial charge is 0.327 e. The van der Waals surface area contributed by atoms with E-state index in [2.05, 4.69) is 37.4 Å². The fraction of sp³-hybridized carbons (Fsp3) is 0.825. The highest BCUT2D eigenvalue weighted by molar-refractivity contribution is 7.59. The van der Waals surface area contributed by atoms with Crippen LogP contribution in [-0.4, -0.2) is 129 Å². The summed E-state index contributed by atoms with van der Waals surface area (Å²) >= 11 is 0. The first kappa shape index (κ1) is 73.3. The van der Waals surface area contributed by atoms with E-state index in [0.29, 0.717) is 46.1 Å². The van der Waals surface area contributed by atoms with E-state index in [9.17, 15) is 14.2 Å². The normalized spacial score (nSPS) is 12.5. The van der Waals surface area contributed by atoms with Crippen molar-refractivity contribution in [3.05, 3.63) is 22.8 Å². The fourth-order valence-electron chi connectivity index (χ4n) is 3.36. The third kappa shape index (κ3) is 72.6. The zero-order chi connectivity index (χ0) is 48.9. The fourth-order valence-corrected chi connectivity index (χ4v) is 6.03. The molecule has 0 aromatic rings. The highest BCUT2D eigenvalue weighted by atomic mass is 31.2. The first-order valence-electron chi connectivity index (χ1n) is 20.9.